The minimum Gasteiger partial charge on any atom is -0.338 e. The molecule has 1 N–H and O–H groups in total. The molecule has 1 unspecified atom stereocenters. The molecule has 2 saturated heterocycles. The highest BCUT2D eigenvalue weighted by Gasteiger charge is 2.51. The summed E-state index contributed by atoms with van der Waals surface area (Å²) >= 11 is 0. The maximum atomic E-state index is 14.0. The first-order valence-electron chi connectivity index (χ1n) is 13.2. The van der Waals surface area contributed by atoms with E-state index in [0.717, 1.165) is 16.3 Å². The fourth-order valence-electron chi connectivity index (χ4n) is 5.59. The molecule has 2 heterocycles. The summed E-state index contributed by atoms with van der Waals surface area (Å²) in [6.07, 6.45) is -5.48. The van der Waals surface area contributed by atoms with Crippen LogP contribution in [-0.2, 0) is 9.59 Å². The average Bonchev–Trinajstić information content (AvgIpc) is 2.89. The Labute approximate surface area is 220 Å². The van der Waals surface area contributed by atoms with E-state index in [9.17, 15) is 27.6 Å². The van der Waals surface area contributed by atoms with Gasteiger partial charge in [0.25, 0.3) is 0 Å². The third-order valence-electron chi connectivity index (χ3n) is 7.83. The van der Waals surface area contributed by atoms with Crippen LogP contribution in [0.25, 0.3) is 10.8 Å². The number of urea groups is 1. The lowest BCUT2D eigenvalue weighted by atomic mass is 9.90. The van der Waals surface area contributed by atoms with Crippen LogP contribution in [0.2, 0.25) is 0 Å². The van der Waals surface area contributed by atoms with E-state index >= 15 is 0 Å². The summed E-state index contributed by atoms with van der Waals surface area (Å²) in [6.45, 7) is 5.98. The number of nitrogens with one attached hydrogen (secondary N) is 1. The molecule has 0 aromatic heterocycles. The molecule has 4 atom stereocenters. The maximum absolute atomic E-state index is 14.0. The number of piperazine rings is 1. The Kier molecular flexibility index (Phi) is 8.18. The molecule has 0 bridgehead atoms. The number of fused-ring (bicyclic) bond motifs is 2. The van der Waals surface area contributed by atoms with Gasteiger partial charge < -0.3 is 20.0 Å². The van der Waals surface area contributed by atoms with Gasteiger partial charge in [-0.1, -0.05) is 62.7 Å². The minimum absolute atomic E-state index is 0.0611. The van der Waals surface area contributed by atoms with Crippen molar-refractivity contribution in [1.82, 2.24) is 20.0 Å². The molecule has 2 aliphatic heterocycles. The lowest BCUT2D eigenvalue weighted by molar-refractivity contribution is -0.172. The Hall–Kier alpha value is -3.30. The second kappa shape index (κ2) is 11.2. The minimum atomic E-state index is -4.29. The van der Waals surface area contributed by atoms with Crippen molar-refractivity contribution in [2.75, 3.05) is 19.6 Å². The van der Waals surface area contributed by atoms with E-state index in [0.29, 0.717) is 6.42 Å². The van der Waals surface area contributed by atoms with Gasteiger partial charge in [0.15, 0.2) is 0 Å². The Bertz CT molecular complexity index is 1180. The van der Waals surface area contributed by atoms with E-state index in [2.05, 4.69) is 5.32 Å². The van der Waals surface area contributed by atoms with Crippen LogP contribution in [0.1, 0.15) is 58.1 Å². The van der Waals surface area contributed by atoms with Crippen molar-refractivity contribution in [2.45, 2.75) is 70.9 Å². The third-order valence-corrected chi connectivity index (χ3v) is 7.83. The van der Waals surface area contributed by atoms with Crippen molar-refractivity contribution >= 4 is 28.6 Å². The quantitative estimate of drug-likeness (QED) is 0.506. The van der Waals surface area contributed by atoms with E-state index in [1.54, 1.807) is 9.80 Å². The Balaban J connectivity index is 1.64. The molecular formula is C28H35F3N4O3. The second-order valence-electron chi connectivity index (χ2n) is 10.2. The summed E-state index contributed by atoms with van der Waals surface area (Å²) < 4.78 is 37.6. The van der Waals surface area contributed by atoms with E-state index in [1.165, 1.54) is 4.90 Å². The number of nitrogens with zero attached hydrogens (tertiary/aromatic N) is 3. The molecule has 0 spiro atoms. The number of carbonyl (C=O) groups excluding carboxylic acids is 3. The van der Waals surface area contributed by atoms with Crippen molar-refractivity contribution < 1.29 is 27.6 Å². The molecule has 2 fully saturated rings. The first-order chi connectivity index (χ1) is 18.0. The molecule has 38 heavy (non-hydrogen) atoms. The maximum Gasteiger partial charge on any atom is 0.389 e. The summed E-state index contributed by atoms with van der Waals surface area (Å²) in [7, 11) is 0. The van der Waals surface area contributed by atoms with Crippen LogP contribution in [0.5, 0.6) is 0 Å². The third kappa shape index (κ3) is 5.59. The van der Waals surface area contributed by atoms with Gasteiger partial charge in [0.05, 0.1) is 12.6 Å². The molecule has 2 aromatic rings. The molecule has 2 aromatic carbocycles. The Morgan fingerprint density at radius 3 is 2.53 bits per heavy atom. The fourth-order valence-corrected chi connectivity index (χ4v) is 5.59. The van der Waals surface area contributed by atoms with Crippen LogP contribution >= 0.6 is 0 Å². The smallest absolute Gasteiger partial charge is 0.338 e. The number of halogens is 3. The summed E-state index contributed by atoms with van der Waals surface area (Å²) in [6, 6.07) is 12.3. The molecule has 4 amide bonds. The Morgan fingerprint density at radius 1 is 1.11 bits per heavy atom. The highest BCUT2D eigenvalue weighted by atomic mass is 19.4. The number of carbonyl (C=O) groups is 3. The van der Waals surface area contributed by atoms with Crippen molar-refractivity contribution in [2.24, 2.45) is 5.92 Å². The lowest BCUT2D eigenvalue weighted by Crippen LogP contribution is -2.73. The number of amides is 4. The number of alkyl halides is 3. The van der Waals surface area contributed by atoms with Gasteiger partial charge in [0.2, 0.25) is 11.8 Å². The standard InChI is InChI=1S/C28H35F3N4O3/c1-4-18(2)25-26(37)34(19(3)21-12-7-10-20-9-5-6-11-22(20)21)17-23-33(16-13-24(36)35(23)25)27(38)32-15-8-14-28(29,30)31/h5-7,9-12,18-19,23,25H,4,8,13-17H2,1-3H3,(H,32,38)/t18-,19+,23+,25?/m0/s1. The average molecular weight is 533 g/mol. The molecule has 2 aliphatic rings. The van der Waals surface area contributed by atoms with Crippen molar-refractivity contribution in [3.8, 4) is 0 Å². The monoisotopic (exact) mass is 532 g/mol. The van der Waals surface area contributed by atoms with Gasteiger partial charge in [0, 0.05) is 25.9 Å². The predicted octanol–water partition coefficient (Wildman–Crippen LogP) is 5.07. The van der Waals surface area contributed by atoms with Crippen LogP contribution in [-0.4, -0.2) is 70.6 Å². The zero-order chi connectivity index (χ0) is 27.6. The zero-order valence-electron chi connectivity index (χ0n) is 22.0. The number of benzene rings is 2. The van der Waals surface area contributed by atoms with E-state index in [-0.39, 0.29) is 56.3 Å². The summed E-state index contributed by atoms with van der Waals surface area (Å²) in [5, 5.41) is 4.66. The molecular weight excluding hydrogens is 497 g/mol. The molecule has 7 nitrogen and oxygen atoms in total. The number of hydrogen-bond acceptors (Lipinski definition) is 3. The predicted molar refractivity (Wildman–Crippen MR) is 138 cm³/mol. The molecule has 10 heteroatoms. The van der Waals surface area contributed by atoms with Crippen LogP contribution in [0.4, 0.5) is 18.0 Å². The largest absolute Gasteiger partial charge is 0.389 e. The molecule has 4 rings (SSSR count). The first-order valence-corrected chi connectivity index (χ1v) is 13.2. The SMILES string of the molecule is CC[C@H](C)C1C(=O)N([C@H](C)c2cccc3ccccc23)C[C@@H]2N(C(=O)NCCCC(F)(F)F)CCC(=O)N12. The van der Waals surface area contributed by atoms with Gasteiger partial charge in [0.1, 0.15) is 12.2 Å². The van der Waals surface area contributed by atoms with Crippen molar-refractivity contribution in [1.29, 1.82) is 0 Å². The molecule has 0 aliphatic carbocycles. The fraction of sp³-hybridized carbons (Fsp3) is 0.536. The van der Waals surface area contributed by atoms with Gasteiger partial charge in [-0.2, -0.15) is 13.2 Å². The van der Waals surface area contributed by atoms with Gasteiger partial charge in [-0.05, 0) is 35.6 Å². The molecule has 206 valence electrons. The first kappa shape index (κ1) is 27.7. The van der Waals surface area contributed by atoms with Crippen molar-refractivity contribution in [3.63, 3.8) is 0 Å². The Morgan fingerprint density at radius 2 is 1.82 bits per heavy atom. The topological polar surface area (TPSA) is 73.0 Å². The van der Waals surface area contributed by atoms with Gasteiger partial charge in [-0.15, -0.1) is 0 Å². The summed E-state index contributed by atoms with van der Waals surface area (Å²) in [5.74, 6) is -0.490. The highest BCUT2D eigenvalue weighted by Crippen LogP contribution is 2.36. The van der Waals surface area contributed by atoms with Gasteiger partial charge >= 0.3 is 12.2 Å². The highest BCUT2D eigenvalue weighted by molar-refractivity contribution is 5.92. The zero-order valence-corrected chi connectivity index (χ0v) is 22.0. The van der Waals surface area contributed by atoms with Gasteiger partial charge in [-0.25, -0.2) is 4.79 Å². The van der Waals surface area contributed by atoms with Gasteiger partial charge in [-0.3, -0.25) is 9.59 Å². The normalized spacial score (nSPS) is 21.9. The van der Waals surface area contributed by atoms with E-state index in [4.69, 9.17) is 0 Å². The van der Waals surface area contributed by atoms with E-state index in [1.807, 2.05) is 63.2 Å². The number of rotatable bonds is 7. The lowest BCUT2D eigenvalue weighted by Gasteiger charge is -2.54. The van der Waals surface area contributed by atoms with Crippen LogP contribution in [0.15, 0.2) is 42.5 Å². The van der Waals surface area contributed by atoms with Crippen molar-refractivity contribution in [3.05, 3.63) is 48.0 Å². The van der Waals surface area contributed by atoms with Crippen LogP contribution in [0, 0.1) is 5.92 Å². The van der Waals surface area contributed by atoms with Crippen LogP contribution < -0.4 is 5.32 Å². The van der Waals surface area contributed by atoms with E-state index < -0.39 is 30.8 Å². The second-order valence-corrected chi connectivity index (χ2v) is 10.2. The molecule has 0 saturated carbocycles. The summed E-state index contributed by atoms with van der Waals surface area (Å²) in [4.78, 5) is 45.0. The van der Waals surface area contributed by atoms with Crippen LogP contribution in [0.3, 0.4) is 0 Å². The summed E-state index contributed by atoms with van der Waals surface area (Å²) in [5.41, 5.74) is 0.970. The molecule has 0 radical (unpaired) electrons. The number of hydrogen-bond donors (Lipinski definition) is 1.